The molecule has 0 atom stereocenters. The van der Waals surface area contributed by atoms with Gasteiger partial charge in [-0.25, -0.2) is 13.2 Å². The van der Waals surface area contributed by atoms with Crippen LogP contribution in [0.5, 0.6) is 0 Å². The van der Waals surface area contributed by atoms with Crippen LogP contribution >= 0.6 is 11.3 Å². The number of amides is 2. The Morgan fingerprint density at radius 1 is 1.10 bits per heavy atom. The van der Waals surface area contributed by atoms with Crippen molar-refractivity contribution >= 4 is 44.0 Å². The maximum atomic E-state index is 12.9. The van der Waals surface area contributed by atoms with Gasteiger partial charge in [0.15, 0.2) is 9.84 Å². The number of carbonyl (C=O) groups excluding carboxylic acids is 3. The molecule has 0 spiro atoms. The molecule has 1 heterocycles. The van der Waals surface area contributed by atoms with Crippen LogP contribution in [0, 0.1) is 6.92 Å². The lowest BCUT2D eigenvalue weighted by molar-refractivity contribution is 0.0531. The van der Waals surface area contributed by atoms with Crippen molar-refractivity contribution in [1.29, 1.82) is 0 Å². The minimum atomic E-state index is -3.63. The predicted octanol–water partition coefficient (Wildman–Crippen LogP) is 2.64. The van der Waals surface area contributed by atoms with Crippen LogP contribution in [-0.2, 0) is 14.6 Å². The van der Waals surface area contributed by atoms with Crippen molar-refractivity contribution in [2.24, 2.45) is 0 Å². The number of benzene rings is 1. The molecule has 8 nitrogen and oxygen atoms in total. The molecule has 0 saturated carbocycles. The Labute approximate surface area is 173 Å². The lowest BCUT2D eigenvalue weighted by Gasteiger charge is -2.10. The smallest absolute Gasteiger partial charge is 0.348 e. The van der Waals surface area contributed by atoms with Gasteiger partial charge in [-0.2, -0.15) is 0 Å². The van der Waals surface area contributed by atoms with E-state index in [0.29, 0.717) is 5.56 Å². The summed E-state index contributed by atoms with van der Waals surface area (Å²) in [6, 6.07) is 5.83. The molecule has 2 N–H and O–H groups in total. The molecule has 0 aliphatic rings. The van der Waals surface area contributed by atoms with Crippen molar-refractivity contribution in [3.05, 3.63) is 45.8 Å². The first-order valence-electron chi connectivity index (χ1n) is 8.83. The number of hydrogen-bond acceptors (Lipinski definition) is 7. The van der Waals surface area contributed by atoms with Gasteiger partial charge in [-0.3, -0.25) is 9.59 Å². The van der Waals surface area contributed by atoms with Crippen LogP contribution in [0.3, 0.4) is 0 Å². The van der Waals surface area contributed by atoms with Gasteiger partial charge in [0.05, 0.1) is 28.4 Å². The van der Waals surface area contributed by atoms with Crippen molar-refractivity contribution in [3.8, 4) is 0 Å². The summed E-state index contributed by atoms with van der Waals surface area (Å²) >= 11 is 0.903. The third kappa shape index (κ3) is 4.65. The quantitative estimate of drug-likeness (QED) is 0.642. The van der Waals surface area contributed by atoms with Crippen molar-refractivity contribution < 1.29 is 27.5 Å². The average molecular weight is 439 g/mol. The minimum Gasteiger partial charge on any atom is -0.462 e. The number of carbonyl (C=O) groups is 3. The second-order valence-electron chi connectivity index (χ2n) is 5.91. The Balaban J connectivity index is 2.52. The van der Waals surface area contributed by atoms with E-state index in [2.05, 4.69) is 10.6 Å². The Morgan fingerprint density at radius 3 is 2.34 bits per heavy atom. The summed E-state index contributed by atoms with van der Waals surface area (Å²) in [7, 11) is -2.20. The van der Waals surface area contributed by atoms with Crippen LogP contribution in [-0.4, -0.2) is 45.6 Å². The van der Waals surface area contributed by atoms with Crippen LogP contribution in [0.25, 0.3) is 0 Å². The molecule has 0 fully saturated rings. The van der Waals surface area contributed by atoms with Crippen LogP contribution in [0.2, 0.25) is 0 Å². The number of nitrogens with one attached hydrogen (secondary N) is 2. The molecule has 2 rings (SSSR count). The van der Waals surface area contributed by atoms with Crippen molar-refractivity contribution in [1.82, 2.24) is 5.32 Å². The molecular weight excluding hydrogens is 416 g/mol. The minimum absolute atomic E-state index is 0.0408. The van der Waals surface area contributed by atoms with Crippen LogP contribution in [0.1, 0.15) is 49.8 Å². The van der Waals surface area contributed by atoms with Crippen molar-refractivity contribution in [2.75, 3.05) is 24.7 Å². The molecule has 156 valence electrons. The van der Waals surface area contributed by atoms with E-state index >= 15 is 0 Å². The molecule has 0 bridgehead atoms. The number of anilines is 1. The molecule has 2 aromatic rings. The van der Waals surface area contributed by atoms with Gasteiger partial charge in [0, 0.05) is 7.05 Å². The first kappa shape index (κ1) is 22.6. The predicted molar refractivity (Wildman–Crippen MR) is 111 cm³/mol. The molecule has 0 aliphatic heterocycles. The highest BCUT2D eigenvalue weighted by Gasteiger charge is 2.27. The van der Waals surface area contributed by atoms with E-state index in [0.717, 1.165) is 11.3 Å². The van der Waals surface area contributed by atoms with E-state index in [4.69, 9.17) is 4.74 Å². The number of ether oxygens (including phenoxy) is 1. The zero-order valence-electron chi connectivity index (χ0n) is 16.5. The zero-order chi connectivity index (χ0) is 21.8. The third-order valence-corrected chi connectivity index (χ3v) is 7.11. The number of hydrogen-bond donors (Lipinski definition) is 2. The van der Waals surface area contributed by atoms with Crippen LogP contribution in [0.15, 0.2) is 29.2 Å². The topological polar surface area (TPSA) is 119 Å². The standard InChI is InChI=1S/C19H22N2O6S2/c1-5-27-19(24)15-11(3)14(17(23)20-4)18(28-15)21-16(22)12-9-7-8-10-13(12)29(25,26)6-2/h7-10H,5-6H2,1-4H3,(H,20,23)(H,21,22). The maximum absolute atomic E-state index is 12.9. The van der Waals surface area contributed by atoms with Gasteiger partial charge in [-0.15, -0.1) is 11.3 Å². The Morgan fingerprint density at radius 2 is 1.76 bits per heavy atom. The summed E-state index contributed by atoms with van der Waals surface area (Å²) in [5.74, 6) is -1.94. The lowest BCUT2D eigenvalue weighted by Crippen LogP contribution is -2.22. The zero-order valence-corrected chi connectivity index (χ0v) is 18.1. The maximum Gasteiger partial charge on any atom is 0.348 e. The van der Waals surface area contributed by atoms with Gasteiger partial charge in [0.25, 0.3) is 11.8 Å². The molecular formula is C19H22N2O6S2. The summed E-state index contributed by atoms with van der Waals surface area (Å²) in [5.41, 5.74) is 0.461. The highest BCUT2D eigenvalue weighted by molar-refractivity contribution is 7.91. The van der Waals surface area contributed by atoms with Crippen molar-refractivity contribution in [2.45, 2.75) is 25.7 Å². The average Bonchev–Trinajstić information content (AvgIpc) is 3.03. The molecule has 0 aliphatic carbocycles. The van der Waals surface area contributed by atoms with Gasteiger partial charge < -0.3 is 15.4 Å². The monoisotopic (exact) mass is 438 g/mol. The van der Waals surface area contributed by atoms with Crippen LogP contribution < -0.4 is 10.6 Å². The second kappa shape index (κ2) is 9.19. The lowest BCUT2D eigenvalue weighted by atomic mass is 10.1. The fourth-order valence-corrected chi connectivity index (χ4v) is 4.83. The Bertz CT molecular complexity index is 1060. The van der Waals surface area contributed by atoms with E-state index in [1.807, 2.05) is 0 Å². The molecule has 10 heteroatoms. The fraction of sp³-hybridized carbons (Fsp3) is 0.316. The van der Waals surface area contributed by atoms with E-state index in [1.54, 1.807) is 19.9 Å². The van der Waals surface area contributed by atoms with Crippen molar-refractivity contribution in [3.63, 3.8) is 0 Å². The summed E-state index contributed by atoms with van der Waals surface area (Å²) in [6.07, 6.45) is 0. The highest BCUT2D eigenvalue weighted by atomic mass is 32.2. The largest absolute Gasteiger partial charge is 0.462 e. The molecule has 1 aromatic carbocycles. The third-order valence-electron chi connectivity index (χ3n) is 4.14. The summed E-state index contributed by atoms with van der Waals surface area (Å²) in [4.78, 5) is 37.5. The van der Waals surface area contributed by atoms with E-state index in [9.17, 15) is 22.8 Å². The normalized spacial score (nSPS) is 11.0. The van der Waals surface area contributed by atoms with E-state index < -0.39 is 27.6 Å². The van der Waals surface area contributed by atoms with Gasteiger partial charge in [0.1, 0.15) is 9.88 Å². The van der Waals surface area contributed by atoms with Gasteiger partial charge in [-0.1, -0.05) is 19.1 Å². The second-order valence-corrected chi connectivity index (χ2v) is 9.18. The molecule has 0 unspecified atom stereocenters. The fourth-order valence-electron chi connectivity index (χ4n) is 2.64. The first-order chi connectivity index (χ1) is 13.7. The Kier molecular flexibility index (Phi) is 7.15. The Hall–Kier alpha value is -2.72. The highest BCUT2D eigenvalue weighted by Crippen LogP contribution is 2.34. The van der Waals surface area contributed by atoms with Gasteiger partial charge >= 0.3 is 5.97 Å². The van der Waals surface area contributed by atoms with Gasteiger partial charge in [0.2, 0.25) is 0 Å². The molecule has 1 aromatic heterocycles. The number of esters is 1. The summed E-state index contributed by atoms with van der Waals surface area (Å²) in [5, 5.41) is 5.19. The van der Waals surface area contributed by atoms with Gasteiger partial charge in [-0.05, 0) is 31.5 Å². The molecule has 0 saturated heterocycles. The molecule has 29 heavy (non-hydrogen) atoms. The van der Waals surface area contributed by atoms with E-state index in [-0.39, 0.29) is 38.3 Å². The SMILES string of the molecule is CCOC(=O)c1sc(NC(=O)c2ccccc2S(=O)(=O)CC)c(C(=O)NC)c1C. The number of rotatable bonds is 7. The van der Waals surface area contributed by atoms with Crippen LogP contribution in [0.4, 0.5) is 5.00 Å². The molecule has 2 amide bonds. The summed E-state index contributed by atoms with van der Waals surface area (Å²) < 4.78 is 29.6. The van der Waals surface area contributed by atoms with E-state index in [1.165, 1.54) is 32.2 Å². The molecule has 0 radical (unpaired) electrons. The first-order valence-corrected chi connectivity index (χ1v) is 11.3. The summed E-state index contributed by atoms with van der Waals surface area (Å²) in [6.45, 7) is 4.89. The number of sulfone groups is 1. The number of thiophene rings is 1.